The van der Waals surface area contributed by atoms with Gasteiger partial charge in [-0.25, -0.2) is 0 Å². The molecule has 1 N–H and O–H groups in total. The van der Waals surface area contributed by atoms with Crippen molar-refractivity contribution in [3.8, 4) is 0 Å². The summed E-state index contributed by atoms with van der Waals surface area (Å²) < 4.78 is 2.48. The number of allylic oxidation sites excluding steroid dienone is 4. The van der Waals surface area contributed by atoms with Crippen molar-refractivity contribution in [1.82, 2.24) is 9.38 Å². The van der Waals surface area contributed by atoms with E-state index in [-0.39, 0.29) is 5.41 Å². The molecule has 52 heavy (non-hydrogen) atoms. The lowest BCUT2D eigenvalue weighted by atomic mass is 9.80. The van der Waals surface area contributed by atoms with E-state index in [1.807, 2.05) is 0 Å². The van der Waals surface area contributed by atoms with Gasteiger partial charge >= 0.3 is 0 Å². The Balaban J connectivity index is 1.10. The van der Waals surface area contributed by atoms with E-state index >= 15 is 0 Å². The summed E-state index contributed by atoms with van der Waals surface area (Å²) in [6.07, 6.45) is 6.93. The van der Waals surface area contributed by atoms with Crippen molar-refractivity contribution >= 4 is 93.3 Å². The summed E-state index contributed by atoms with van der Waals surface area (Å²) in [6, 6.07) is 49.8. The topological polar surface area (TPSA) is 23.4 Å². The molecule has 246 valence electrons. The largest absolute Gasteiger partial charge is 0.354 e. The maximum Gasteiger partial charge on any atom is 0.0620 e. The second kappa shape index (κ2) is 9.92. The lowest BCUT2D eigenvalue weighted by molar-refractivity contribution is 0.651. The van der Waals surface area contributed by atoms with Gasteiger partial charge in [-0.3, -0.25) is 0 Å². The molecule has 0 atom stereocenters. The van der Waals surface area contributed by atoms with E-state index < -0.39 is 0 Å². The molecule has 3 nitrogen and oxygen atoms in total. The van der Waals surface area contributed by atoms with Gasteiger partial charge in [-0.05, 0) is 107 Å². The van der Waals surface area contributed by atoms with Crippen molar-refractivity contribution in [3.63, 3.8) is 0 Å². The van der Waals surface area contributed by atoms with Crippen molar-refractivity contribution in [2.24, 2.45) is 0 Å². The molecule has 2 aliphatic carbocycles. The smallest absolute Gasteiger partial charge is 0.0620 e. The minimum Gasteiger partial charge on any atom is -0.354 e. The van der Waals surface area contributed by atoms with Crippen LogP contribution in [0.5, 0.6) is 0 Å². The first-order valence-corrected chi connectivity index (χ1v) is 18.5. The van der Waals surface area contributed by atoms with Crippen molar-refractivity contribution in [2.75, 3.05) is 4.90 Å². The number of hydrogen-bond acceptors (Lipinski definition) is 1. The van der Waals surface area contributed by atoms with Gasteiger partial charge in [-0.1, -0.05) is 98.8 Å². The van der Waals surface area contributed by atoms with Gasteiger partial charge in [0.2, 0.25) is 0 Å². The Morgan fingerprint density at radius 1 is 0.577 bits per heavy atom. The van der Waals surface area contributed by atoms with E-state index in [0.29, 0.717) is 0 Å². The van der Waals surface area contributed by atoms with E-state index in [1.54, 1.807) is 0 Å². The number of fused-ring (bicyclic) bond motifs is 14. The molecule has 0 aliphatic heterocycles. The molecular weight excluding hydrogens is 631 g/mol. The van der Waals surface area contributed by atoms with Gasteiger partial charge in [0.1, 0.15) is 0 Å². The summed E-state index contributed by atoms with van der Waals surface area (Å²) in [5.41, 5.74) is 15.5. The van der Waals surface area contributed by atoms with Crippen LogP contribution in [0.2, 0.25) is 0 Å². The van der Waals surface area contributed by atoms with Gasteiger partial charge < -0.3 is 14.3 Å². The van der Waals surface area contributed by atoms with Crippen LogP contribution in [0, 0.1) is 0 Å². The van der Waals surface area contributed by atoms with E-state index in [0.717, 1.165) is 35.2 Å². The normalized spacial score (nSPS) is 15.3. The molecule has 7 aromatic carbocycles. The van der Waals surface area contributed by atoms with Crippen LogP contribution in [0.4, 0.5) is 17.1 Å². The van der Waals surface area contributed by atoms with Gasteiger partial charge in [0.15, 0.2) is 0 Å². The highest BCUT2D eigenvalue weighted by Gasteiger charge is 2.37. The number of aromatic amines is 1. The Morgan fingerprint density at radius 3 is 2.25 bits per heavy atom. The molecule has 0 radical (unpaired) electrons. The van der Waals surface area contributed by atoms with Crippen molar-refractivity contribution < 1.29 is 0 Å². The predicted octanol–water partition coefficient (Wildman–Crippen LogP) is 13.5. The van der Waals surface area contributed by atoms with Crippen molar-refractivity contribution in [2.45, 2.75) is 32.1 Å². The average Bonchev–Trinajstić information content (AvgIpc) is 3.90. The number of rotatable bonds is 3. The van der Waals surface area contributed by atoms with Gasteiger partial charge in [0, 0.05) is 65.8 Å². The number of anilines is 3. The van der Waals surface area contributed by atoms with Crippen molar-refractivity contribution in [1.29, 1.82) is 0 Å². The highest BCUT2D eigenvalue weighted by atomic mass is 15.1. The summed E-state index contributed by atoms with van der Waals surface area (Å²) in [5.74, 6) is 0. The van der Waals surface area contributed by atoms with Crippen LogP contribution in [0.1, 0.15) is 37.8 Å². The molecule has 0 unspecified atom stereocenters. The van der Waals surface area contributed by atoms with Crippen LogP contribution in [0.3, 0.4) is 0 Å². The van der Waals surface area contributed by atoms with Crippen LogP contribution in [-0.4, -0.2) is 9.38 Å². The zero-order valence-corrected chi connectivity index (χ0v) is 29.2. The molecule has 3 heterocycles. The minimum absolute atomic E-state index is 0.0169. The molecule has 3 aromatic heterocycles. The Morgan fingerprint density at radius 2 is 1.33 bits per heavy atom. The molecule has 2 aliphatic rings. The van der Waals surface area contributed by atoms with E-state index in [4.69, 9.17) is 0 Å². The lowest BCUT2D eigenvalue weighted by Gasteiger charge is -2.27. The van der Waals surface area contributed by atoms with Crippen LogP contribution < -0.4 is 4.90 Å². The number of nitrogens with one attached hydrogen (secondary N) is 1. The first-order chi connectivity index (χ1) is 25.6. The number of para-hydroxylation sites is 3. The Bertz CT molecular complexity index is 3200. The molecule has 12 rings (SSSR count). The predicted molar refractivity (Wildman–Crippen MR) is 221 cm³/mol. The molecule has 0 saturated heterocycles. The molecule has 0 fully saturated rings. The fourth-order valence-electron chi connectivity index (χ4n) is 10.0. The first kappa shape index (κ1) is 28.4. The number of aromatic nitrogens is 2. The Hall–Kier alpha value is -6.32. The molecule has 0 amide bonds. The zero-order chi connectivity index (χ0) is 34.3. The fourth-order valence-corrected chi connectivity index (χ4v) is 10.0. The van der Waals surface area contributed by atoms with Crippen LogP contribution in [0.25, 0.3) is 76.2 Å². The maximum absolute atomic E-state index is 3.78. The van der Waals surface area contributed by atoms with Gasteiger partial charge in [0.25, 0.3) is 0 Å². The third kappa shape index (κ3) is 3.55. The van der Waals surface area contributed by atoms with Gasteiger partial charge in [-0.2, -0.15) is 0 Å². The molecule has 0 saturated carbocycles. The summed E-state index contributed by atoms with van der Waals surface area (Å²) in [4.78, 5) is 6.21. The third-order valence-electron chi connectivity index (χ3n) is 12.3. The number of H-pyrrole nitrogens is 1. The first-order valence-electron chi connectivity index (χ1n) is 18.5. The Labute approximate surface area is 301 Å². The Kier molecular flexibility index (Phi) is 5.42. The monoisotopic (exact) mass is 665 g/mol. The van der Waals surface area contributed by atoms with Gasteiger partial charge in [0.05, 0.1) is 16.6 Å². The third-order valence-corrected chi connectivity index (χ3v) is 12.3. The van der Waals surface area contributed by atoms with Crippen LogP contribution in [-0.2, 0) is 5.41 Å². The standard InChI is InChI=1S/C49H35N3/c1-49(2)40-17-8-6-13-32(40)38-27-30(19-23-41(38)49)51(29-11-4-3-5-12-29)31-20-24-42-39(28-31)46-34-22-26-45-47(35(34)21-25-43(46)50-42)37-16-10-15-36-33-14-7-9-18-44(33)52(45)48(36)37/h3-5,7-12,14-28,50H,6,13H2,1-2H3. The zero-order valence-electron chi connectivity index (χ0n) is 29.2. The molecule has 0 spiro atoms. The highest BCUT2D eigenvalue weighted by Crippen LogP contribution is 2.52. The fraction of sp³-hybridized carbons (Fsp3) is 0.102. The highest BCUT2D eigenvalue weighted by molar-refractivity contribution is 6.32. The lowest BCUT2D eigenvalue weighted by Crippen LogP contribution is -2.17. The SMILES string of the molecule is CC1(C)C2=C(CCC=C2)c2cc(N(c3ccccc3)c3ccc4[nH]c5ccc6c(ccc7c6c6cccc8c9ccccc9n7c86)c5c4c3)ccc21. The summed E-state index contributed by atoms with van der Waals surface area (Å²) >= 11 is 0. The molecular formula is C49H35N3. The summed E-state index contributed by atoms with van der Waals surface area (Å²) in [5, 5.41) is 10.4. The summed E-state index contributed by atoms with van der Waals surface area (Å²) in [6.45, 7) is 4.76. The minimum atomic E-state index is 0.0169. The van der Waals surface area contributed by atoms with E-state index in [2.05, 4.69) is 174 Å². The van der Waals surface area contributed by atoms with Crippen LogP contribution in [0.15, 0.2) is 151 Å². The second-order valence-electron chi connectivity index (χ2n) is 15.3. The number of nitrogens with zero attached hydrogens (tertiary/aromatic N) is 2. The average molecular weight is 666 g/mol. The molecule has 3 heteroatoms. The maximum atomic E-state index is 3.78. The number of benzene rings is 7. The van der Waals surface area contributed by atoms with E-state index in [1.165, 1.54) is 87.6 Å². The molecule has 0 bridgehead atoms. The van der Waals surface area contributed by atoms with Crippen molar-refractivity contribution in [3.05, 3.63) is 162 Å². The second-order valence-corrected chi connectivity index (χ2v) is 15.3. The molecule has 10 aromatic rings. The van der Waals surface area contributed by atoms with Gasteiger partial charge in [-0.15, -0.1) is 0 Å². The van der Waals surface area contributed by atoms with Crippen LogP contribution >= 0.6 is 0 Å². The quantitative estimate of drug-likeness (QED) is 0.199. The van der Waals surface area contributed by atoms with E-state index in [9.17, 15) is 0 Å². The summed E-state index contributed by atoms with van der Waals surface area (Å²) in [7, 11) is 0. The number of hydrogen-bond donors (Lipinski definition) is 1.